The van der Waals surface area contributed by atoms with Crippen LogP contribution < -0.4 is 10.1 Å². The van der Waals surface area contributed by atoms with E-state index in [4.69, 9.17) is 9.72 Å². The number of carbonyl (C=O) groups excluding carboxylic acids is 2. The summed E-state index contributed by atoms with van der Waals surface area (Å²) in [5, 5.41) is 3.12. The molecule has 4 rings (SSSR count). The molecule has 0 unspecified atom stereocenters. The van der Waals surface area contributed by atoms with Gasteiger partial charge in [-0.15, -0.1) is 0 Å². The number of esters is 1. The maximum atomic E-state index is 13.1. The van der Waals surface area contributed by atoms with Crippen LogP contribution >= 0.6 is 0 Å². The van der Waals surface area contributed by atoms with Crippen molar-refractivity contribution >= 4 is 28.5 Å². The Kier molecular flexibility index (Phi) is 6.30. The number of halogens is 2. The quantitative estimate of drug-likeness (QED) is 0.560. The Hall–Kier alpha value is -3.55. The molecule has 2 aromatic carbocycles. The van der Waals surface area contributed by atoms with Gasteiger partial charge in [0.25, 0.3) is 5.91 Å². The van der Waals surface area contributed by atoms with E-state index in [9.17, 15) is 18.4 Å². The highest BCUT2D eigenvalue weighted by atomic mass is 19.3. The van der Waals surface area contributed by atoms with Gasteiger partial charge in [-0.25, -0.2) is 4.79 Å². The molecule has 3 aromatic rings. The van der Waals surface area contributed by atoms with Gasteiger partial charge in [-0.05, 0) is 48.9 Å². The molecule has 166 valence electrons. The first kappa shape index (κ1) is 21.7. The van der Waals surface area contributed by atoms with Gasteiger partial charge in [-0.1, -0.05) is 37.3 Å². The number of nitrogens with one attached hydrogen (secondary N) is 1. The van der Waals surface area contributed by atoms with E-state index in [2.05, 4.69) is 17.0 Å². The SMILES string of the molecule is C[C@H]1CCc2nc3ccccc3c(C(=O)OCC(=O)Nc3ccccc3OC(F)F)c2C1. The minimum Gasteiger partial charge on any atom is -0.452 e. The molecule has 32 heavy (non-hydrogen) atoms. The zero-order valence-electron chi connectivity index (χ0n) is 17.4. The second-order valence-corrected chi connectivity index (χ2v) is 7.78. The van der Waals surface area contributed by atoms with Crippen molar-refractivity contribution in [2.75, 3.05) is 11.9 Å². The minimum atomic E-state index is -3.03. The molecule has 1 aliphatic carbocycles. The number of aromatic nitrogens is 1. The number of anilines is 1. The number of hydrogen-bond acceptors (Lipinski definition) is 5. The van der Waals surface area contributed by atoms with Crippen molar-refractivity contribution in [1.29, 1.82) is 0 Å². The molecule has 0 saturated carbocycles. The fourth-order valence-corrected chi connectivity index (χ4v) is 3.95. The molecule has 0 radical (unpaired) electrons. The monoisotopic (exact) mass is 440 g/mol. The zero-order valence-corrected chi connectivity index (χ0v) is 17.4. The highest BCUT2D eigenvalue weighted by Gasteiger charge is 2.26. The van der Waals surface area contributed by atoms with E-state index in [0.29, 0.717) is 28.8 Å². The van der Waals surface area contributed by atoms with Crippen LogP contribution in [0.2, 0.25) is 0 Å². The van der Waals surface area contributed by atoms with Crippen molar-refractivity contribution in [2.24, 2.45) is 5.92 Å². The number of para-hydroxylation sites is 3. The predicted octanol–water partition coefficient (Wildman–Crippen LogP) is 4.76. The summed E-state index contributed by atoms with van der Waals surface area (Å²) in [5.74, 6) is -1.04. The van der Waals surface area contributed by atoms with Crippen LogP contribution in [-0.2, 0) is 22.4 Å². The van der Waals surface area contributed by atoms with Crippen molar-refractivity contribution in [1.82, 2.24) is 4.98 Å². The lowest BCUT2D eigenvalue weighted by atomic mass is 9.84. The van der Waals surface area contributed by atoms with Crippen LogP contribution in [0.5, 0.6) is 5.75 Å². The van der Waals surface area contributed by atoms with E-state index < -0.39 is 25.1 Å². The summed E-state index contributed by atoms with van der Waals surface area (Å²) in [5.41, 5.74) is 2.95. The molecular formula is C24H22F2N2O4. The van der Waals surface area contributed by atoms with E-state index in [1.807, 2.05) is 24.3 Å². The van der Waals surface area contributed by atoms with Gasteiger partial charge in [-0.2, -0.15) is 8.78 Å². The van der Waals surface area contributed by atoms with Crippen molar-refractivity contribution in [3.63, 3.8) is 0 Å². The number of carbonyl (C=O) groups is 2. The first-order valence-corrected chi connectivity index (χ1v) is 10.3. The summed E-state index contributed by atoms with van der Waals surface area (Å²) in [6.07, 6.45) is 2.49. The van der Waals surface area contributed by atoms with Gasteiger partial charge < -0.3 is 14.8 Å². The maximum Gasteiger partial charge on any atom is 0.387 e. The molecule has 0 fully saturated rings. The third kappa shape index (κ3) is 4.69. The van der Waals surface area contributed by atoms with Crippen LogP contribution in [0.4, 0.5) is 14.5 Å². The van der Waals surface area contributed by atoms with E-state index in [-0.39, 0.29) is 11.4 Å². The summed E-state index contributed by atoms with van der Waals surface area (Å²) in [7, 11) is 0. The predicted molar refractivity (Wildman–Crippen MR) is 115 cm³/mol. The van der Waals surface area contributed by atoms with Crippen LogP contribution in [0.1, 0.15) is 35.0 Å². The number of ether oxygens (including phenoxy) is 2. The summed E-state index contributed by atoms with van der Waals surface area (Å²) in [6.45, 7) is -1.47. The fourth-order valence-electron chi connectivity index (χ4n) is 3.95. The molecule has 8 heteroatoms. The number of pyridine rings is 1. The summed E-state index contributed by atoms with van der Waals surface area (Å²) in [4.78, 5) is 30.1. The summed E-state index contributed by atoms with van der Waals surface area (Å²) < 4.78 is 34.9. The van der Waals surface area contributed by atoms with Gasteiger partial charge in [0, 0.05) is 11.1 Å². The lowest BCUT2D eigenvalue weighted by Crippen LogP contribution is -2.24. The van der Waals surface area contributed by atoms with Gasteiger partial charge in [0.2, 0.25) is 0 Å². The molecule has 1 heterocycles. The average Bonchev–Trinajstić information content (AvgIpc) is 2.77. The van der Waals surface area contributed by atoms with Crippen LogP contribution in [-0.4, -0.2) is 30.1 Å². The van der Waals surface area contributed by atoms with Crippen molar-refractivity contribution < 1.29 is 27.8 Å². The number of hydrogen-bond donors (Lipinski definition) is 1. The summed E-state index contributed by atoms with van der Waals surface area (Å²) in [6, 6.07) is 13.1. The lowest BCUT2D eigenvalue weighted by Gasteiger charge is -2.24. The van der Waals surface area contributed by atoms with Gasteiger partial charge in [0.05, 0.1) is 16.8 Å². The number of benzene rings is 2. The average molecular weight is 440 g/mol. The van der Waals surface area contributed by atoms with Crippen molar-refractivity contribution in [3.05, 3.63) is 65.4 Å². The number of alkyl halides is 2. The molecule has 1 amide bonds. The first-order valence-electron chi connectivity index (χ1n) is 10.3. The maximum absolute atomic E-state index is 13.1. The van der Waals surface area contributed by atoms with Gasteiger partial charge in [0.1, 0.15) is 5.75 Å². The van der Waals surface area contributed by atoms with E-state index in [1.54, 1.807) is 6.07 Å². The Morgan fingerprint density at radius 1 is 1.16 bits per heavy atom. The molecule has 0 spiro atoms. The number of nitrogens with zero attached hydrogens (tertiary/aromatic N) is 1. The molecule has 0 bridgehead atoms. The molecule has 1 N–H and O–H groups in total. The minimum absolute atomic E-state index is 0.0643. The highest BCUT2D eigenvalue weighted by molar-refractivity contribution is 6.06. The highest BCUT2D eigenvalue weighted by Crippen LogP contribution is 2.32. The molecule has 1 aromatic heterocycles. The molecule has 0 saturated heterocycles. The summed E-state index contributed by atoms with van der Waals surface area (Å²) >= 11 is 0. The molecular weight excluding hydrogens is 418 g/mol. The van der Waals surface area contributed by atoms with Gasteiger partial charge in [-0.3, -0.25) is 9.78 Å². The second-order valence-electron chi connectivity index (χ2n) is 7.78. The van der Waals surface area contributed by atoms with Gasteiger partial charge >= 0.3 is 12.6 Å². The number of rotatable bonds is 6. The van der Waals surface area contributed by atoms with E-state index in [1.165, 1.54) is 18.2 Å². The zero-order chi connectivity index (χ0) is 22.7. The second kappa shape index (κ2) is 9.30. The van der Waals surface area contributed by atoms with E-state index in [0.717, 1.165) is 24.1 Å². The Labute approximate surface area is 183 Å². The Bertz CT molecular complexity index is 1170. The Balaban J connectivity index is 1.53. The molecule has 1 aliphatic rings. The lowest BCUT2D eigenvalue weighted by molar-refractivity contribution is -0.119. The number of fused-ring (bicyclic) bond motifs is 2. The smallest absolute Gasteiger partial charge is 0.387 e. The van der Waals surface area contributed by atoms with Crippen LogP contribution in [0.15, 0.2) is 48.5 Å². The third-order valence-corrected chi connectivity index (χ3v) is 5.42. The standard InChI is InChI=1S/C24H22F2N2O4/c1-14-10-11-18-16(12-14)22(15-6-2-3-7-17(15)27-18)23(30)31-13-21(29)28-19-8-4-5-9-20(19)32-24(25)26/h2-9,14,24H,10-13H2,1H3,(H,28,29)/t14-/m0/s1. The third-order valence-electron chi connectivity index (χ3n) is 5.42. The fraction of sp³-hybridized carbons (Fsp3) is 0.292. The number of aryl methyl sites for hydroxylation is 1. The molecule has 1 atom stereocenters. The van der Waals surface area contributed by atoms with Crippen LogP contribution in [0.3, 0.4) is 0 Å². The number of amides is 1. The van der Waals surface area contributed by atoms with Crippen molar-refractivity contribution in [3.8, 4) is 5.75 Å². The molecule has 0 aliphatic heterocycles. The Morgan fingerprint density at radius 2 is 1.91 bits per heavy atom. The van der Waals surface area contributed by atoms with Crippen molar-refractivity contribution in [2.45, 2.75) is 32.8 Å². The molecule has 6 nitrogen and oxygen atoms in total. The topological polar surface area (TPSA) is 77.5 Å². The largest absolute Gasteiger partial charge is 0.452 e. The van der Waals surface area contributed by atoms with Crippen LogP contribution in [0.25, 0.3) is 10.9 Å². The Morgan fingerprint density at radius 3 is 2.72 bits per heavy atom. The first-order chi connectivity index (χ1) is 15.4. The van der Waals surface area contributed by atoms with Gasteiger partial charge in [0.15, 0.2) is 6.61 Å². The van der Waals surface area contributed by atoms with Crippen LogP contribution in [0, 0.1) is 5.92 Å². The normalized spacial score (nSPS) is 15.3. The van der Waals surface area contributed by atoms with E-state index >= 15 is 0 Å².